The van der Waals surface area contributed by atoms with E-state index < -0.39 is 17.4 Å². The highest BCUT2D eigenvalue weighted by molar-refractivity contribution is 5.92. The molecule has 0 heterocycles. The molecule has 0 aliphatic carbocycles. The first-order valence-electron chi connectivity index (χ1n) is 5.80. The number of rotatable bonds is 6. The van der Waals surface area contributed by atoms with Gasteiger partial charge in [-0.1, -0.05) is 27.7 Å². The van der Waals surface area contributed by atoms with Crippen molar-refractivity contribution in [2.45, 2.75) is 53.0 Å². The maximum atomic E-state index is 12.1. The molecule has 5 heteroatoms. The number of amides is 2. The number of carbonyl (C=O) groups excluding carboxylic acids is 3. The Hall–Kier alpha value is -1.39. The average molecular weight is 242 g/mol. The molecule has 0 fully saturated rings. The SMILES string of the molecule is CCC(=O)N[C@H](CCC(N)=O)C(=O)C(C)(C)C. The summed E-state index contributed by atoms with van der Waals surface area (Å²) in [7, 11) is 0. The summed E-state index contributed by atoms with van der Waals surface area (Å²) in [4.78, 5) is 34.1. The molecule has 17 heavy (non-hydrogen) atoms. The van der Waals surface area contributed by atoms with Crippen molar-refractivity contribution in [3.63, 3.8) is 0 Å². The zero-order chi connectivity index (χ0) is 13.6. The molecule has 0 aromatic carbocycles. The standard InChI is InChI=1S/C12H22N2O3/c1-5-10(16)14-8(6-7-9(13)15)11(17)12(2,3)4/h8H,5-7H2,1-4H3,(H2,13,15)(H,14,16)/t8-/m1/s1. The van der Waals surface area contributed by atoms with E-state index in [2.05, 4.69) is 5.32 Å². The summed E-state index contributed by atoms with van der Waals surface area (Å²) >= 11 is 0. The van der Waals surface area contributed by atoms with Gasteiger partial charge >= 0.3 is 0 Å². The first-order valence-corrected chi connectivity index (χ1v) is 5.80. The zero-order valence-corrected chi connectivity index (χ0v) is 11.0. The molecule has 0 radical (unpaired) electrons. The van der Waals surface area contributed by atoms with Crippen LogP contribution in [0.3, 0.4) is 0 Å². The van der Waals surface area contributed by atoms with Crippen molar-refractivity contribution in [1.82, 2.24) is 5.32 Å². The van der Waals surface area contributed by atoms with E-state index in [-0.39, 0.29) is 24.5 Å². The number of ketones is 1. The molecule has 0 aromatic rings. The Bertz CT molecular complexity index is 305. The summed E-state index contributed by atoms with van der Waals surface area (Å²) in [6.45, 7) is 7.06. The molecule has 0 saturated heterocycles. The Balaban J connectivity index is 4.66. The topological polar surface area (TPSA) is 89.3 Å². The van der Waals surface area contributed by atoms with Crippen LogP contribution in [0.4, 0.5) is 0 Å². The maximum absolute atomic E-state index is 12.1. The minimum absolute atomic E-state index is 0.0828. The Morgan fingerprint density at radius 2 is 1.76 bits per heavy atom. The minimum Gasteiger partial charge on any atom is -0.370 e. The molecule has 2 amide bonds. The number of hydrogen-bond donors (Lipinski definition) is 2. The normalized spacial score (nSPS) is 12.9. The van der Waals surface area contributed by atoms with E-state index in [0.29, 0.717) is 6.42 Å². The summed E-state index contributed by atoms with van der Waals surface area (Å²) in [5.74, 6) is -0.750. The number of carbonyl (C=O) groups is 3. The highest BCUT2D eigenvalue weighted by atomic mass is 16.2. The summed E-state index contributed by atoms with van der Waals surface area (Å²) in [5, 5.41) is 2.63. The van der Waals surface area contributed by atoms with Crippen molar-refractivity contribution in [1.29, 1.82) is 0 Å². The van der Waals surface area contributed by atoms with Crippen molar-refractivity contribution in [3.05, 3.63) is 0 Å². The molecule has 3 N–H and O–H groups in total. The fourth-order valence-corrected chi connectivity index (χ4v) is 1.37. The van der Waals surface area contributed by atoms with E-state index in [1.165, 1.54) is 0 Å². The van der Waals surface area contributed by atoms with Crippen LogP contribution in [-0.4, -0.2) is 23.6 Å². The first-order chi connectivity index (χ1) is 7.68. The van der Waals surface area contributed by atoms with Crippen LogP contribution in [0, 0.1) is 5.41 Å². The number of primary amides is 1. The molecule has 0 unspecified atom stereocenters. The van der Waals surface area contributed by atoms with Gasteiger partial charge in [0.15, 0.2) is 5.78 Å². The van der Waals surface area contributed by atoms with Crippen LogP contribution < -0.4 is 11.1 Å². The smallest absolute Gasteiger partial charge is 0.220 e. The summed E-state index contributed by atoms with van der Waals surface area (Å²) < 4.78 is 0. The Kier molecular flexibility index (Phi) is 5.85. The van der Waals surface area contributed by atoms with Crippen LogP contribution in [0.5, 0.6) is 0 Å². The maximum Gasteiger partial charge on any atom is 0.220 e. The van der Waals surface area contributed by atoms with Crippen LogP contribution in [-0.2, 0) is 14.4 Å². The van der Waals surface area contributed by atoms with Gasteiger partial charge in [0.2, 0.25) is 11.8 Å². The molecule has 0 spiro atoms. The molecule has 5 nitrogen and oxygen atoms in total. The lowest BCUT2D eigenvalue weighted by atomic mass is 9.85. The van der Waals surface area contributed by atoms with E-state index in [0.717, 1.165) is 0 Å². The van der Waals surface area contributed by atoms with Crippen molar-refractivity contribution in [2.24, 2.45) is 11.1 Å². The number of nitrogens with one attached hydrogen (secondary N) is 1. The lowest BCUT2D eigenvalue weighted by molar-refractivity contribution is -0.132. The van der Waals surface area contributed by atoms with Crippen molar-refractivity contribution >= 4 is 17.6 Å². The predicted molar refractivity (Wildman–Crippen MR) is 65.1 cm³/mol. The average Bonchev–Trinajstić information content (AvgIpc) is 2.21. The second-order valence-electron chi connectivity index (χ2n) is 5.09. The molecule has 0 aromatic heterocycles. The van der Waals surface area contributed by atoms with Crippen molar-refractivity contribution < 1.29 is 14.4 Å². The van der Waals surface area contributed by atoms with E-state index in [1.54, 1.807) is 27.7 Å². The fraction of sp³-hybridized carbons (Fsp3) is 0.750. The third-order valence-corrected chi connectivity index (χ3v) is 2.39. The monoisotopic (exact) mass is 242 g/mol. The van der Waals surface area contributed by atoms with Gasteiger partial charge in [-0.2, -0.15) is 0 Å². The van der Waals surface area contributed by atoms with Crippen LogP contribution in [0.2, 0.25) is 0 Å². The third-order valence-electron chi connectivity index (χ3n) is 2.39. The Morgan fingerprint density at radius 3 is 2.12 bits per heavy atom. The minimum atomic E-state index is -0.630. The summed E-state index contributed by atoms with van der Waals surface area (Å²) in [5.41, 5.74) is 4.50. The highest BCUT2D eigenvalue weighted by Crippen LogP contribution is 2.19. The van der Waals surface area contributed by atoms with E-state index in [4.69, 9.17) is 5.73 Å². The van der Waals surface area contributed by atoms with Crippen LogP contribution in [0.25, 0.3) is 0 Å². The number of Topliss-reactive ketones (excluding diaryl/α,β-unsaturated/α-hetero) is 1. The molecule has 1 atom stereocenters. The van der Waals surface area contributed by atoms with Gasteiger partial charge in [0.25, 0.3) is 0 Å². The summed E-state index contributed by atoms with van der Waals surface area (Å²) in [6, 6.07) is -0.630. The predicted octanol–water partition coefficient (Wildman–Crippen LogP) is 0.762. The molecule has 0 saturated carbocycles. The van der Waals surface area contributed by atoms with Crippen LogP contribution >= 0.6 is 0 Å². The van der Waals surface area contributed by atoms with Gasteiger partial charge in [-0.25, -0.2) is 0 Å². The van der Waals surface area contributed by atoms with Gasteiger partial charge in [-0.05, 0) is 6.42 Å². The van der Waals surface area contributed by atoms with E-state index >= 15 is 0 Å². The summed E-state index contributed by atoms with van der Waals surface area (Å²) in [6.07, 6.45) is 0.665. The highest BCUT2D eigenvalue weighted by Gasteiger charge is 2.30. The van der Waals surface area contributed by atoms with E-state index in [9.17, 15) is 14.4 Å². The Morgan fingerprint density at radius 1 is 1.24 bits per heavy atom. The van der Waals surface area contributed by atoms with Crippen LogP contribution in [0.15, 0.2) is 0 Å². The number of nitrogens with two attached hydrogens (primary N) is 1. The quantitative estimate of drug-likeness (QED) is 0.720. The third kappa shape index (κ3) is 6.04. The van der Waals surface area contributed by atoms with Crippen LogP contribution in [0.1, 0.15) is 47.0 Å². The second kappa shape index (κ2) is 6.37. The Labute approximate surface area is 102 Å². The fourth-order valence-electron chi connectivity index (χ4n) is 1.37. The molecular weight excluding hydrogens is 220 g/mol. The zero-order valence-electron chi connectivity index (χ0n) is 11.0. The van der Waals surface area contributed by atoms with Gasteiger partial charge in [-0.3, -0.25) is 14.4 Å². The number of hydrogen-bond acceptors (Lipinski definition) is 3. The van der Waals surface area contributed by atoms with Gasteiger partial charge in [-0.15, -0.1) is 0 Å². The van der Waals surface area contributed by atoms with E-state index in [1.807, 2.05) is 0 Å². The van der Waals surface area contributed by atoms with Gasteiger partial charge in [0.05, 0.1) is 6.04 Å². The molecule has 0 bridgehead atoms. The molecule has 98 valence electrons. The molecule has 0 aliphatic rings. The second-order valence-corrected chi connectivity index (χ2v) is 5.09. The van der Waals surface area contributed by atoms with Gasteiger partial charge in [0, 0.05) is 18.3 Å². The van der Waals surface area contributed by atoms with Crippen molar-refractivity contribution in [3.8, 4) is 0 Å². The van der Waals surface area contributed by atoms with Gasteiger partial charge < -0.3 is 11.1 Å². The van der Waals surface area contributed by atoms with Crippen molar-refractivity contribution in [2.75, 3.05) is 0 Å². The first kappa shape index (κ1) is 15.6. The lowest BCUT2D eigenvalue weighted by Crippen LogP contribution is -2.45. The molecule has 0 rings (SSSR count). The molecular formula is C12H22N2O3. The lowest BCUT2D eigenvalue weighted by Gasteiger charge is -2.25. The largest absolute Gasteiger partial charge is 0.370 e. The molecule has 0 aliphatic heterocycles. The van der Waals surface area contributed by atoms with Gasteiger partial charge in [0.1, 0.15) is 0 Å².